The summed E-state index contributed by atoms with van der Waals surface area (Å²) in [6.45, 7) is 22.8. The molecule has 5 aromatic rings. The summed E-state index contributed by atoms with van der Waals surface area (Å²) >= 11 is 0. The van der Waals surface area contributed by atoms with Crippen LogP contribution in [0.2, 0.25) is 0 Å². The highest BCUT2D eigenvalue weighted by molar-refractivity contribution is 5.83. The monoisotopic (exact) mass is 838 g/mol. The average molecular weight is 839 g/mol. The fraction of sp³-hybridized carbons (Fsp3) is 0.133. The van der Waals surface area contributed by atoms with Gasteiger partial charge in [-0.05, 0) is 194 Å². The smallest absolute Gasteiger partial charge is 0.0464 e. The van der Waals surface area contributed by atoms with E-state index >= 15 is 0 Å². The number of aryl methyl sites for hydroxylation is 1. The lowest BCUT2D eigenvalue weighted by atomic mass is 10.1. The molecule has 322 valence electrons. The first-order valence-electron chi connectivity index (χ1n) is 22.1. The highest BCUT2D eigenvalue weighted by atomic mass is 15.2. The van der Waals surface area contributed by atoms with Gasteiger partial charge >= 0.3 is 0 Å². The Bertz CT molecular complexity index is 2660. The molecule has 1 aliphatic rings. The molecule has 0 saturated heterocycles. The first kappa shape index (κ1) is 46.0. The predicted octanol–water partition coefficient (Wildman–Crippen LogP) is 17.5. The summed E-state index contributed by atoms with van der Waals surface area (Å²) in [5.41, 5.74) is 16.2. The molecule has 0 spiro atoms. The third kappa shape index (κ3) is 11.5. The number of hydrogen-bond acceptors (Lipinski definition) is 4. The summed E-state index contributed by atoms with van der Waals surface area (Å²) in [6, 6.07) is 45.8. The molecule has 5 aromatic carbocycles. The molecular weight excluding hydrogens is 777 g/mol. The van der Waals surface area contributed by atoms with Crippen molar-refractivity contribution in [2.75, 3.05) is 19.6 Å². The van der Waals surface area contributed by atoms with Crippen molar-refractivity contribution in [3.8, 4) is 0 Å². The summed E-state index contributed by atoms with van der Waals surface area (Å²) < 4.78 is 0. The van der Waals surface area contributed by atoms with E-state index in [1.54, 1.807) is 0 Å². The second kappa shape index (κ2) is 22.5. The third-order valence-corrected chi connectivity index (χ3v) is 10.8. The molecule has 0 amide bonds. The van der Waals surface area contributed by atoms with Crippen LogP contribution in [0.1, 0.15) is 53.5 Å². The van der Waals surface area contributed by atoms with Crippen LogP contribution in [0.5, 0.6) is 0 Å². The number of hydrogen-bond donors (Lipinski definition) is 0. The second-order valence-corrected chi connectivity index (χ2v) is 15.8. The number of benzene rings is 5. The highest BCUT2D eigenvalue weighted by Gasteiger charge is 2.20. The topological polar surface area (TPSA) is 13.0 Å². The van der Waals surface area contributed by atoms with Crippen molar-refractivity contribution in [3.63, 3.8) is 0 Å². The van der Waals surface area contributed by atoms with Crippen molar-refractivity contribution in [1.29, 1.82) is 0 Å². The Kier molecular flexibility index (Phi) is 16.2. The van der Waals surface area contributed by atoms with Gasteiger partial charge in [0, 0.05) is 68.3 Å². The van der Waals surface area contributed by atoms with Gasteiger partial charge in [-0.15, -0.1) is 0 Å². The molecule has 6 rings (SSSR count). The quantitative estimate of drug-likeness (QED) is 0.0865. The first-order chi connectivity index (χ1) is 31.1. The number of allylic oxidation sites excluding steroid dienone is 17. The van der Waals surface area contributed by atoms with E-state index in [-0.39, 0.29) is 0 Å². The molecule has 4 heteroatoms. The van der Waals surface area contributed by atoms with Crippen LogP contribution in [0.3, 0.4) is 0 Å². The average Bonchev–Trinajstić information content (AvgIpc) is 3.59. The van der Waals surface area contributed by atoms with E-state index in [1.165, 1.54) is 11.1 Å². The van der Waals surface area contributed by atoms with Crippen LogP contribution < -0.4 is 19.6 Å². The zero-order chi connectivity index (χ0) is 45.4. The first-order valence-corrected chi connectivity index (χ1v) is 22.1. The second-order valence-electron chi connectivity index (χ2n) is 15.8. The lowest BCUT2D eigenvalue weighted by Gasteiger charge is -2.31. The van der Waals surface area contributed by atoms with E-state index in [1.807, 2.05) is 19.1 Å². The Hall–Kier alpha value is -7.56. The molecule has 0 saturated carbocycles. The van der Waals surface area contributed by atoms with Gasteiger partial charge in [-0.3, -0.25) is 0 Å². The normalized spacial score (nSPS) is 13.5. The molecule has 4 nitrogen and oxygen atoms in total. The standard InChI is InChI=1S/C60H62N4/c1-10-14-25-50(13-4)61(49(9)44-47(7)12-3)53-31-33-54(34-32-53)62(56-37-41-58(42-38-56)64(52-28-20-17-21-29-52)60-30-22-24-48(8)45-60)55-35-39-57(40-36-55)63(51-26-18-15-16-19-27-51)59(23-11-2)43-46(5)6/h10-15,17-45H,1,5,16H2,2-4,6-9H3/b23-11-,25-14-,47-12-,49-44+,50-13+,59-43+. The predicted molar refractivity (Wildman–Crippen MR) is 280 cm³/mol. The van der Waals surface area contributed by atoms with Gasteiger partial charge in [0.25, 0.3) is 0 Å². The molecule has 0 aromatic heterocycles. The van der Waals surface area contributed by atoms with Crippen molar-refractivity contribution in [1.82, 2.24) is 0 Å². The van der Waals surface area contributed by atoms with E-state index in [4.69, 9.17) is 0 Å². The summed E-state index contributed by atoms with van der Waals surface area (Å²) in [7, 11) is 0. The van der Waals surface area contributed by atoms with Gasteiger partial charge < -0.3 is 19.6 Å². The minimum absolute atomic E-state index is 0.890. The van der Waals surface area contributed by atoms with E-state index in [0.29, 0.717) is 0 Å². The van der Waals surface area contributed by atoms with E-state index < -0.39 is 0 Å². The van der Waals surface area contributed by atoms with Gasteiger partial charge in [-0.1, -0.05) is 103 Å². The Balaban J connectivity index is 1.49. The Morgan fingerprint density at radius 3 is 1.69 bits per heavy atom. The number of nitrogens with zero attached hydrogens (tertiary/aromatic N) is 4. The highest BCUT2D eigenvalue weighted by Crippen LogP contribution is 2.41. The van der Waals surface area contributed by atoms with Gasteiger partial charge in [0.1, 0.15) is 0 Å². The number of para-hydroxylation sites is 1. The minimum Gasteiger partial charge on any atom is -0.315 e. The SMILES string of the molecule is C=C/C=C\C(=C/C)N(/C(C)=C/C(C)=C\C)c1ccc(N(c2ccc(N(C3=CC=CCC=C3)C(/C=C\C)=C/C(=C)C)cc2)c2ccc(N(c3ccccc3)c3cccc(C)c3)cc2)cc1. The molecule has 0 aliphatic heterocycles. The Morgan fingerprint density at radius 1 is 0.578 bits per heavy atom. The summed E-state index contributed by atoms with van der Waals surface area (Å²) in [5.74, 6) is 0. The summed E-state index contributed by atoms with van der Waals surface area (Å²) in [5, 5.41) is 0. The fourth-order valence-corrected chi connectivity index (χ4v) is 7.77. The third-order valence-electron chi connectivity index (χ3n) is 10.8. The molecule has 1 aliphatic carbocycles. The summed E-state index contributed by atoms with van der Waals surface area (Å²) in [4.78, 5) is 9.22. The maximum atomic E-state index is 4.23. The van der Waals surface area contributed by atoms with E-state index in [9.17, 15) is 0 Å². The fourth-order valence-electron chi connectivity index (χ4n) is 7.77. The van der Waals surface area contributed by atoms with Crippen molar-refractivity contribution >= 4 is 45.5 Å². The Labute approximate surface area is 383 Å². The maximum absolute atomic E-state index is 4.23. The van der Waals surface area contributed by atoms with Gasteiger partial charge in [-0.2, -0.15) is 0 Å². The van der Waals surface area contributed by atoms with Crippen LogP contribution in [-0.4, -0.2) is 0 Å². The maximum Gasteiger partial charge on any atom is 0.0464 e. The molecule has 0 fully saturated rings. The molecule has 0 heterocycles. The molecule has 0 N–H and O–H groups in total. The van der Waals surface area contributed by atoms with Gasteiger partial charge in [0.15, 0.2) is 0 Å². The van der Waals surface area contributed by atoms with Crippen LogP contribution in [0.4, 0.5) is 45.5 Å². The molecule has 0 radical (unpaired) electrons. The molecule has 0 unspecified atom stereocenters. The largest absolute Gasteiger partial charge is 0.315 e. The number of anilines is 8. The van der Waals surface area contributed by atoms with Crippen molar-refractivity contribution < 1.29 is 0 Å². The lowest BCUT2D eigenvalue weighted by molar-refractivity contribution is 1.09. The lowest BCUT2D eigenvalue weighted by Crippen LogP contribution is -2.20. The van der Waals surface area contributed by atoms with Gasteiger partial charge in [0.05, 0.1) is 0 Å². The minimum atomic E-state index is 0.890. The van der Waals surface area contributed by atoms with Crippen molar-refractivity contribution in [3.05, 3.63) is 265 Å². The van der Waals surface area contributed by atoms with Crippen LogP contribution in [-0.2, 0) is 0 Å². The van der Waals surface area contributed by atoms with Crippen molar-refractivity contribution in [2.45, 2.75) is 54.9 Å². The Morgan fingerprint density at radius 2 is 1.14 bits per heavy atom. The van der Waals surface area contributed by atoms with Crippen LogP contribution >= 0.6 is 0 Å². The number of rotatable bonds is 17. The zero-order valence-electron chi connectivity index (χ0n) is 38.6. The molecular formula is C60H62N4. The molecule has 0 bridgehead atoms. The van der Waals surface area contributed by atoms with Crippen LogP contribution in [0.25, 0.3) is 0 Å². The van der Waals surface area contributed by atoms with Crippen molar-refractivity contribution in [2.24, 2.45) is 0 Å². The van der Waals surface area contributed by atoms with E-state index in [0.717, 1.165) is 80.3 Å². The van der Waals surface area contributed by atoms with Crippen LogP contribution in [0, 0.1) is 6.92 Å². The zero-order valence-corrected chi connectivity index (χ0v) is 38.6. The van der Waals surface area contributed by atoms with Gasteiger partial charge in [-0.25, -0.2) is 0 Å². The van der Waals surface area contributed by atoms with Crippen LogP contribution in [0.15, 0.2) is 260 Å². The molecule has 64 heavy (non-hydrogen) atoms. The van der Waals surface area contributed by atoms with Gasteiger partial charge in [0.2, 0.25) is 0 Å². The summed E-state index contributed by atoms with van der Waals surface area (Å²) in [6.07, 6.45) is 30.5. The molecule has 0 atom stereocenters. The van der Waals surface area contributed by atoms with E-state index in [2.05, 4.69) is 275 Å².